The molecule has 8 nitrogen and oxygen atoms in total. The largest absolute Gasteiger partial charge is 0.444 e. The number of nitrogens with zero attached hydrogens (tertiary/aromatic N) is 3. The molecule has 0 atom stereocenters. The van der Waals surface area contributed by atoms with E-state index < -0.39 is 17.6 Å². The van der Waals surface area contributed by atoms with Crippen molar-refractivity contribution in [3.05, 3.63) is 65.6 Å². The number of anilines is 2. The first-order valence-electron chi connectivity index (χ1n) is 8.79. The number of rotatable bonds is 4. The molecule has 0 aliphatic carbocycles. The quantitative estimate of drug-likeness (QED) is 0.613. The molecule has 0 saturated heterocycles. The van der Waals surface area contributed by atoms with E-state index in [-0.39, 0.29) is 11.0 Å². The van der Waals surface area contributed by atoms with Gasteiger partial charge in [0.2, 0.25) is 0 Å². The van der Waals surface area contributed by atoms with Gasteiger partial charge in [-0.1, -0.05) is 29.8 Å². The third-order valence-corrected chi connectivity index (χ3v) is 3.82. The molecule has 3 rings (SSSR count). The SMILES string of the molecule is CC(C)(C)OC(=O)Nc1cn(-c2ccccc2)nc1NC(=O)c1ccc(Cl)nc1. The Hall–Kier alpha value is -3.39. The summed E-state index contributed by atoms with van der Waals surface area (Å²) in [6.07, 6.45) is 2.29. The zero-order valence-electron chi connectivity index (χ0n) is 16.1. The number of pyridine rings is 1. The molecule has 9 heteroatoms. The minimum Gasteiger partial charge on any atom is -0.444 e. The number of hydrogen-bond acceptors (Lipinski definition) is 5. The molecular formula is C20H20ClN5O3. The number of ether oxygens (including phenoxy) is 1. The van der Waals surface area contributed by atoms with Gasteiger partial charge in [-0.05, 0) is 45.0 Å². The summed E-state index contributed by atoms with van der Waals surface area (Å²) < 4.78 is 6.83. The van der Waals surface area contributed by atoms with Crippen molar-refractivity contribution in [3.63, 3.8) is 0 Å². The lowest BCUT2D eigenvalue weighted by atomic mass is 10.2. The van der Waals surface area contributed by atoms with Gasteiger partial charge in [0.1, 0.15) is 16.4 Å². The Morgan fingerprint density at radius 1 is 1.07 bits per heavy atom. The van der Waals surface area contributed by atoms with E-state index >= 15 is 0 Å². The number of amides is 2. The monoisotopic (exact) mass is 413 g/mol. The maximum atomic E-state index is 12.6. The van der Waals surface area contributed by atoms with Crippen molar-refractivity contribution in [2.45, 2.75) is 26.4 Å². The molecule has 2 N–H and O–H groups in total. The third kappa shape index (κ3) is 5.55. The lowest BCUT2D eigenvalue weighted by molar-refractivity contribution is 0.0635. The first-order valence-corrected chi connectivity index (χ1v) is 9.17. The molecule has 0 aliphatic rings. The van der Waals surface area contributed by atoms with Crippen LogP contribution < -0.4 is 10.6 Å². The number of hydrogen-bond donors (Lipinski definition) is 2. The zero-order valence-corrected chi connectivity index (χ0v) is 16.9. The van der Waals surface area contributed by atoms with Crippen LogP contribution >= 0.6 is 11.6 Å². The number of benzene rings is 1. The van der Waals surface area contributed by atoms with Gasteiger partial charge >= 0.3 is 6.09 Å². The maximum Gasteiger partial charge on any atom is 0.412 e. The molecule has 29 heavy (non-hydrogen) atoms. The highest BCUT2D eigenvalue weighted by molar-refractivity contribution is 6.29. The number of aromatic nitrogens is 3. The molecule has 2 heterocycles. The van der Waals surface area contributed by atoms with Crippen LogP contribution in [0.25, 0.3) is 5.69 Å². The number of carbonyl (C=O) groups excluding carboxylic acids is 2. The van der Waals surface area contributed by atoms with Crippen molar-refractivity contribution < 1.29 is 14.3 Å². The maximum absolute atomic E-state index is 12.6. The predicted molar refractivity (Wildman–Crippen MR) is 111 cm³/mol. The molecule has 2 aromatic heterocycles. The Balaban J connectivity index is 1.88. The van der Waals surface area contributed by atoms with Gasteiger partial charge in [-0.2, -0.15) is 0 Å². The fraction of sp³-hybridized carbons (Fsp3) is 0.200. The Morgan fingerprint density at radius 2 is 1.79 bits per heavy atom. The molecule has 0 spiro atoms. The number of para-hydroxylation sites is 1. The lowest BCUT2D eigenvalue weighted by Gasteiger charge is -2.19. The molecule has 1 aromatic carbocycles. The van der Waals surface area contributed by atoms with Crippen LogP contribution in [0.15, 0.2) is 54.9 Å². The average molecular weight is 414 g/mol. The van der Waals surface area contributed by atoms with E-state index in [1.54, 1.807) is 37.7 Å². The molecular weight excluding hydrogens is 394 g/mol. The normalized spacial score (nSPS) is 11.0. The van der Waals surface area contributed by atoms with Gasteiger partial charge in [-0.25, -0.2) is 14.5 Å². The van der Waals surface area contributed by atoms with Crippen LogP contribution in [0.1, 0.15) is 31.1 Å². The van der Waals surface area contributed by atoms with E-state index in [1.165, 1.54) is 12.3 Å². The van der Waals surface area contributed by atoms with E-state index in [2.05, 4.69) is 20.7 Å². The number of nitrogens with one attached hydrogen (secondary N) is 2. The van der Waals surface area contributed by atoms with Crippen molar-refractivity contribution in [1.29, 1.82) is 0 Å². The summed E-state index contributed by atoms with van der Waals surface area (Å²) in [6.45, 7) is 5.28. The molecule has 2 amide bonds. The van der Waals surface area contributed by atoms with Gasteiger partial charge in [0.15, 0.2) is 5.82 Å². The number of carbonyl (C=O) groups is 2. The second kappa shape index (κ2) is 8.32. The van der Waals surface area contributed by atoms with Gasteiger partial charge in [0, 0.05) is 6.20 Å². The Labute approximate surface area is 172 Å². The molecule has 0 saturated carbocycles. The third-order valence-electron chi connectivity index (χ3n) is 3.59. The summed E-state index contributed by atoms with van der Waals surface area (Å²) >= 11 is 5.76. The molecule has 3 aromatic rings. The fourth-order valence-corrected chi connectivity index (χ4v) is 2.49. The summed E-state index contributed by atoms with van der Waals surface area (Å²) in [5, 5.41) is 9.97. The Bertz CT molecular complexity index is 1010. The van der Waals surface area contributed by atoms with Gasteiger partial charge in [-0.15, -0.1) is 5.10 Å². The first-order chi connectivity index (χ1) is 13.7. The number of halogens is 1. The summed E-state index contributed by atoms with van der Waals surface area (Å²) in [7, 11) is 0. The van der Waals surface area contributed by atoms with Crippen LogP contribution in [0.3, 0.4) is 0 Å². The second-order valence-electron chi connectivity index (χ2n) is 7.12. The molecule has 0 bridgehead atoms. The second-order valence-corrected chi connectivity index (χ2v) is 7.51. The van der Waals surface area contributed by atoms with E-state index in [4.69, 9.17) is 16.3 Å². The van der Waals surface area contributed by atoms with Gasteiger partial charge in [-0.3, -0.25) is 10.1 Å². The highest BCUT2D eigenvalue weighted by atomic mass is 35.5. The highest BCUT2D eigenvalue weighted by Crippen LogP contribution is 2.24. The fourth-order valence-electron chi connectivity index (χ4n) is 2.37. The highest BCUT2D eigenvalue weighted by Gasteiger charge is 2.20. The topological polar surface area (TPSA) is 98.1 Å². The van der Waals surface area contributed by atoms with Crippen LogP contribution in [0.2, 0.25) is 5.15 Å². The minimum absolute atomic E-state index is 0.166. The smallest absolute Gasteiger partial charge is 0.412 e. The van der Waals surface area contributed by atoms with Crippen molar-refractivity contribution in [2.75, 3.05) is 10.6 Å². The molecule has 150 valence electrons. The van der Waals surface area contributed by atoms with Crippen LogP contribution in [0.4, 0.5) is 16.3 Å². The van der Waals surface area contributed by atoms with Crippen molar-refractivity contribution in [3.8, 4) is 5.69 Å². The predicted octanol–water partition coefficient (Wildman–Crippen LogP) is 4.52. The molecule has 0 unspecified atom stereocenters. The van der Waals surface area contributed by atoms with Crippen LogP contribution in [-0.2, 0) is 4.74 Å². The van der Waals surface area contributed by atoms with Crippen LogP contribution in [0.5, 0.6) is 0 Å². The zero-order chi connectivity index (χ0) is 21.0. The van der Waals surface area contributed by atoms with Crippen molar-refractivity contribution in [1.82, 2.24) is 14.8 Å². The molecule has 0 aliphatic heterocycles. The van der Waals surface area contributed by atoms with Gasteiger partial charge < -0.3 is 10.1 Å². The Kier molecular flexibility index (Phi) is 5.84. The summed E-state index contributed by atoms with van der Waals surface area (Å²) in [4.78, 5) is 28.7. The van der Waals surface area contributed by atoms with E-state index in [9.17, 15) is 9.59 Å². The first kappa shape index (κ1) is 20.3. The lowest BCUT2D eigenvalue weighted by Crippen LogP contribution is -2.27. The van der Waals surface area contributed by atoms with Crippen molar-refractivity contribution >= 4 is 35.1 Å². The van der Waals surface area contributed by atoms with E-state index in [0.29, 0.717) is 11.3 Å². The molecule has 0 fully saturated rings. The average Bonchev–Trinajstić information content (AvgIpc) is 3.03. The van der Waals surface area contributed by atoms with E-state index in [0.717, 1.165) is 5.69 Å². The van der Waals surface area contributed by atoms with Gasteiger partial charge in [0.25, 0.3) is 5.91 Å². The summed E-state index contributed by atoms with van der Waals surface area (Å²) in [5.74, 6) is -0.278. The van der Waals surface area contributed by atoms with Crippen molar-refractivity contribution in [2.24, 2.45) is 0 Å². The van der Waals surface area contributed by atoms with Gasteiger partial charge in [0.05, 0.1) is 17.4 Å². The van der Waals surface area contributed by atoms with E-state index in [1.807, 2.05) is 30.3 Å². The molecule has 0 radical (unpaired) electrons. The standard InChI is InChI=1S/C20H20ClN5O3/c1-20(2,3)29-19(28)23-15-12-26(14-7-5-4-6-8-14)25-17(15)24-18(27)13-9-10-16(21)22-11-13/h4-12H,1-3H3,(H,23,28)(H,24,25,27). The summed E-state index contributed by atoms with van der Waals surface area (Å²) in [5.41, 5.74) is 0.677. The van der Waals surface area contributed by atoms with Crippen LogP contribution in [0, 0.1) is 0 Å². The Morgan fingerprint density at radius 3 is 2.41 bits per heavy atom. The summed E-state index contributed by atoms with van der Waals surface area (Å²) in [6, 6.07) is 12.3. The van der Waals surface area contributed by atoms with Crippen LogP contribution in [-0.4, -0.2) is 32.4 Å². The minimum atomic E-state index is -0.669.